The summed E-state index contributed by atoms with van der Waals surface area (Å²) in [5.41, 5.74) is 0.585. The SMILES string of the molecule is CCNc1ncc(Br)c(OC2CC3CCC2(C)C3(C)C)n1. The fraction of sp³-hybridized carbons (Fsp3) is 0.750. The van der Waals surface area contributed by atoms with Crippen molar-refractivity contribution >= 4 is 21.9 Å². The van der Waals surface area contributed by atoms with Gasteiger partial charge in [-0.25, -0.2) is 4.98 Å². The molecule has 3 rings (SSSR count). The first kappa shape index (κ1) is 15.1. The molecule has 0 aromatic carbocycles. The van der Waals surface area contributed by atoms with E-state index in [1.165, 1.54) is 12.8 Å². The Morgan fingerprint density at radius 1 is 1.43 bits per heavy atom. The van der Waals surface area contributed by atoms with Crippen molar-refractivity contribution in [2.24, 2.45) is 16.7 Å². The topological polar surface area (TPSA) is 47.0 Å². The summed E-state index contributed by atoms with van der Waals surface area (Å²) in [6.45, 7) is 10.0. The van der Waals surface area contributed by atoms with Gasteiger partial charge in [0.15, 0.2) is 0 Å². The van der Waals surface area contributed by atoms with Crippen LogP contribution in [0.2, 0.25) is 0 Å². The molecule has 0 amide bonds. The maximum Gasteiger partial charge on any atom is 0.233 e. The zero-order valence-corrected chi connectivity index (χ0v) is 14.8. The van der Waals surface area contributed by atoms with Gasteiger partial charge in [-0.2, -0.15) is 4.98 Å². The van der Waals surface area contributed by atoms with Crippen LogP contribution in [-0.2, 0) is 0 Å². The number of nitrogens with one attached hydrogen (secondary N) is 1. The highest BCUT2D eigenvalue weighted by Gasteiger charge is 2.62. The molecule has 4 nitrogen and oxygen atoms in total. The van der Waals surface area contributed by atoms with Crippen molar-refractivity contribution in [2.75, 3.05) is 11.9 Å². The van der Waals surface area contributed by atoms with Crippen LogP contribution in [0.15, 0.2) is 10.7 Å². The maximum absolute atomic E-state index is 6.33. The Kier molecular flexibility index (Phi) is 3.67. The molecule has 1 aromatic rings. The summed E-state index contributed by atoms with van der Waals surface area (Å²) < 4.78 is 7.15. The quantitative estimate of drug-likeness (QED) is 0.877. The van der Waals surface area contributed by atoms with Crippen LogP contribution in [-0.4, -0.2) is 22.6 Å². The highest BCUT2D eigenvalue weighted by Crippen LogP contribution is 2.66. The van der Waals surface area contributed by atoms with Crippen molar-refractivity contribution in [3.05, 3.63) is 10.7 Å². The molecular formula is C16H24BrN3O. The van der Waals surface area contributed by atoms with E-state index in [-0.39, 0.29) is 11.5 Å². The zero-order chi connectivity index (χ0) is 15.3. The number of nitrogens with zero attached hydrogens (tertiary/aromatic N) is 2. The van der Waals surface area contributed by atoms with Crippen molar-refractivity contribution in [2.45, 2.75) is 53.1 Å². The van der Waals surface area contributed by atoms with E-state index in [2.05, 4.69) is 52.0 Å². The first-order chi connectivity index (χ1) is 9.88. The van der Waals surface area contributed by atoms with Crippen molar-refractivity contribution < 1.29 is 4.74 Å². The molecule has 2 aliphatic rings. The molecule has 1 heterocycles. The van der Waals surface area contributed by atoms with Gasteiger partial charge in [-0.15, -0.1) is 0 Å². The molecule has 1 aromatic heterocycles. The highest BCUT2D eigenvalue weighted by atomic mass is 79.9. The summed E-state index contributed by atoms with van der Waals surface area (Å²) in [6.07, 6.45) is 5.72. The molecule has 2 bridgehead atoms. The van der Waals surface area contributed by atoms with Crippen LogP contribution in [0.1, 0.15) is 47.0 Å². The Labute approximate surface area is 135 Å². The minimum Gasteiger partial charge on any atom is -0.473 e. The fourth-order valence-electron chi connectivity index (χ4n) is 4.12. The number of ether oxygens (including phenoxy) is 1. The van der Waals surface area contributed by atoms with Gasteiger partial charge in [0.2, 0.25) is 11.8 Å². The van der Waals surface area contributed by atoms with Gasteiger partial charge in [-0.05, 0) is 53.4 Å². The lowest BCUT2D eigenvalue weighted by Crippen LogP contribution is -2.39. The smallest absolute Gasteiger partial charge is 0.233 e. The lowest BCUT2D eigenvalue weighted by molar-refractivity contribution is 0.0268. The molecule has 0 saturated heterocycles. The fourth-order valence-corrected chi connectivity index (χ4v) is 4.41. The number of rotatable bonds is 4. The van der Waals surface area contributed by atoms with E-state index in [1.54, 1.807) is 6.20 Å². The number of aromatic nitrogens is 2. The standard InChI is InChI=1S/C16H24BrN3O/c1-5-18-14-19-9-11(17)13(20-14)21-12-8-10-6-7-16(12,4)15(10,2)3/h9-10,12H,5-8H2,1-4H3,(H,18,19,20). The third-order valence-electron chi connectivity index (χ3n) is 6.01. The van der Waals surface area contributed by atoms with Gasteiger partial charge in [-0.1, -0.05) is 20.8 Å². The highest BCUT2D eigenvalue weighted by molar-refractivity contribution is 9.10. The summed E-state index contributed by atoms with van der Waals surface area (Å²) in [6, 6.07) is 0. The van der Waals surface area contributed by atoms with Crippen LogP contribution in [0.5, 0.6) is 5.88 Å². The van der Waals surface area contributed by atoms with Crippen molar-refractivity contribution in [3.8, 4) is 5.88 Å². The first-order valence-electron chi connectivity index (χ1n) is 7.81. The molecule has 3 atom stereocenters. The van der Waals surface area contributed by atoms with E-state index < -0.39 is 0 Å². The van der Waals surface area contributed by atoms with Crippen LogP contribution in [0.25, 0.3) is 0 Å². The van der Waals surface area contributed by atoms with Gasteiger partial charge >= 0.3 is 0 Å². The zero-order valence-electron chi connectivity index (χ0n) is 13.2. The van der Waals surface area contributed by atoms with Crippen molar-refractivity contribution in [3.63, 3.8) is 0 Å². The average Bonchev–Trinajstić information content (AvgIpc) is 2.76. The monoisotopic (exact) mass is 353 g/mol. The predicted octanol–water partition coefficient (Wildman–Crippen LogP) is 4.26. The Balaban J connectivity index is 1.83. The normalized spacial score (nSPS) is 33.2. The van der Waals surface area contributed by atoms with E-state index in [9.17, 15) is 0 Å². The lowest BCUT2D eigenvalue weighted by Gasteiger charge is -2.38. The van der Waals surface area contributed by atoms with Crippen LogP contribution >= 0.6 is 15.9 Å². The second-order valence-electron chi connectivity index (χ2n) is 7.09. The minimum atomic E-state index is 0.237. The number of anilines is 1. The van der Waals surface area contributed by atoms with E-state index in [4.69, 9.17) is 4.74 Å². The third kappa shape index (κ3) is 2.24. The van der Waals surface area contributed by atoms with Gasteiger partial charge in [0.1, 0.15) is 6.10 Å². The molecule has 116 valence electrons. The molecule has 3 unspecified atom stereocenters. The predicted molar refractivity (Wildman–Crippen MR) is 87.5 cm³/mol. The summed E-state index contributed by atoms with van der Waals surface area (Å²) in [7, 11) is 0. The molecular weight excluding hydrogens is 330 g/mol. The van der Waals surface area contributed by atoms with Crippen molar-refractivity contribution in [1.29, 1.82) is 0 Å². The van der Waals surface area contributed by atoms with Gasteiger partial charge < -0.3 is 10.1 Å². The van der Waals surface area contributed by atoms with Crippen LogP contribution in [0.3, 0.4) is 0 Å². The van der Waals surface area contributed by atoms with Gasteiger partial charge in [0.05, 0.1) is 10.7 Å². The molecule has 0 spiro atoms. The maximum atomic E-state index is 6.33. The van der Waals surface area contributed by atoms with Crippen LogP contribution in [0, 0.1) is 16.7 Å². The van der Waals surface area contributed by atoms with E-state index in [0.29, 0.717) is 17.2 Å². The molecule has 2 aliphatic carbocycles. The molecule has 5 heteroatoms. The lowest BCUT2D eigenvalue weighted by atomic mass is 9.70. The second kappa shape index (κ2) is 5.11. The van der Waals surface area contributed by atoms with Crippen LogP contribution in [0.4, 0.5) is 5.95 Å². The second-order valence-corrected chi connectivity index (χ2v) is 7.95. The molecule has 2 fully saturated rings. The molecule has 1 N–H and O–H groups in total. The molecule has 0 aliphatic heterocycles. The molecule has 0 radical (unpaired) electrons. The number of fused-ring (bicyclic) bond motifs is 2. The van der Waals surface area contributed by atoms with Gasteiger partial charge in [0.25, 0.3) is 0 Å². The summed E-state index contributed by atoms with van der Waals surface area (Å²) in [4.78, 5) is 8.74. The Morgan fingerprint density at radius 3 is 2.76 bits per heavy atom. The number of hydrogen-bond donors (Lipinski definition) is 1. The van der Waals surface area contributed by atoms with Crippen molar-refractivity contribution in [1.82, 2.24) is 9.97 Å². The van der Waals surface area contributed by atoms with Gasteiger partial charge in [0, 0.05) is 12.0 Å². The van der Waals surface area contributed by atoms with Crippen LogP contribution < -0.4 is 10.1 Å². The largest absolute Gasteiger partial charge is 0.473 e. The van der Waals surface area contributed by atoms with E-state index in [0.717, 1.165) is 23.4 Å². The Bertz CT molecular complexity index is 548. The summed E-state index contributed by atoms with van der Waals surface area (Å²) in [5.74, 6) is 2.06. The molecule has 21 heavy (non-hydrogen) atoms. The minimum absolute atomic E-state index is 0.237. The average molecular weight is 354 g/mol. The Hall–Kier alpha value is -0.840. The van der Waals surface area contributed by atoms with E-state index in [1.807, 2.05) is 6.92 Å². The van der Waals surface area contributed by atoms with Gasteiger partial charge in [-0.3, -0.25) is 0 Å². The van der Waals surface area contributed by atoms with E-state index >= 15 is 0 Å². The molecule has 2 saturated carbocycles. The summed E-state index contributed by atoms with van der Waals surface area (Å²) >= 11 is 3.51. The Morgan fingerprint density at radius 2 is 2.19 bits per heavy atom. The third-order valence-corrected chi connectivity index (χ3v) is 6.56. The first-order valence-corrected chi connectivity index (χ1v) is 8.61. The summed E-state index contributed by atoms with van der Waals surface area (Å²) in [5, 5.41) is 3.14. The number of hydrogen-bond acceptors (Lipinski definition) is 4. The number of halogens is 1.